The van der Waals surface area contributed by atoms with Crippen molar-refractivity contribution >= 4 is 5.91 Å². The van der Waals surface area contributed by atoms with Gasteiger partial charge in [0.15, 0.2) is 5.69 Å². The lowest BCUT2D eigenvalue weighted by atomic mass is 9.95. The van der Waals surface area contributed by atoms with E-state index in [1.807, 2.05) is 29.5 Å². The summed E-state index contributed by atoms with van der Waals surface area (Å²) in [5.41, 5.74) is 1.64. The Morgan fingerprint density at radius 1 is 1.35 bits per heavy atom. The highest BCUT2D eigenvalue weighted by Crippen LogP contribution is 2.28. The number of fused-ring (bicyclic) bond motifs is 4. The molecular formula is C17H28N4O2. The van der Waals surface area contributed by atoms with Crippen LogP contribution in [0.4, 0.5) is 0 Å². The Kier molecular flexibility index (Phi) is 5.02. The quantitative estimate of drug-likeness (QED) is 0.823. The number of hydrogen-bond donors (Lipinski definition) is 0. The second-order valence-electron chi connectivity index (χ2n) is 6.78. The normalized spacial score (nSPS) is 24.9. The molecule has 3 aliphatic rings. The van der Waals surface area contributed by atoms with Crippen molar-refractivity contribution in [3.63, 3.8) is 0 Å². The number of carbonyl (C=O) groups is 1. The van der Waals surface area contributed by atoms with E-state index in [2.05, 4.69) is 10.00 Å². The summed E-state index contributed by atoms with van der Waals surface area (Å²) in [7, 11) is 1.75. The van der Waals surface area contributed by atoms with Crippen LogP contribution in [0.5, 0.6) is 0 Å². The number of rotatable bonds is 5. The zero-order valence-electron chi connectivity index (χ0n) is 14.5. The number of nitrogens with zero attached hydrogens (tertiary/aromatic N) is 4. The fourth-order valence-corrected chi connectivity index (χ4v) is 3.92. The smallest absolute Gasteiger partial charge is 0.274 e. The maximum absolute atomic E-state index is 12.9. The molecule has 1 amide bonds. The van der Waals surface area contributed by atoms with E-state index in [0.29, 0.717) is 17.7 Å². The number of aryl methyl sites for hydroxylation is 2. The topological polar surface area (TPSA) is 50.6 Å². The minimum atomic E-state index is 0.0887. The first-order valence-electron chi connectivity index (χ1n) is 8.69. The summed E-state index contributed by atoms with van der Waals surface area (Å²) in [5, 5.41) is 4.46. The van der Waals surface area contributed by atoms with E-state index in [4.69, 9.17) is 4.74 Å². The average molecular weight is 320 g/mol. The first kappa shape index (κ1) is 16.5. The second kappa shape index (κ2) is 7.01. The van der Waals surface area contributed by atoms with Crippen LogP contribution in [0.1, 0.15) is 35.9 Å². The van der Waals surface area contributed by atoms with Crippen LogP contribution in [0.2, 0.25) is 0 Å². The summed E-state index contributed by atoms with van der Waals surface area (Å²) in [6.07, 6.45) is 2.40. The van der Waals surface area contributed by atoms with Crippen molar-refractivity contribution in [2.45, 2.75) is 39.3 Å². The Bertz CT molecular complexity index is 557. The third-order valence-corrected chi connectivity index (χ3v) is 5.20. The molecule has 2 atom stereocenters. The van der Waals surface area contributed by atoms with Gasteiger partial charge in [-0.2, -0.15) is 5.10 Å². The molecule has 1 aromatic rings. The molecule has 0 saturated carbocycles. The number of aromatic nitrogens is 2. The largest absolute Gasteiger partial charge is 0.383 e. The maximum atomic E-state index is 12.9. The fraction of sp³-hybridized carbons (Fsp3) is 0.765. The van der Waals surface area contributed by atoms with Crippen LogP contribution in [0, 0.1) is 12.8 Å². The summed E-state index contributed by atoms with van der Waals surface area (Å²) < 4.78 is 7.12. The molecule has 128 valence electrons. The Balaban J connectivity index is 1.72. The molecule has 0 aliphatic carbocycles. The van der Waals surface area contributed by atoms with E-state index in [-0.39, 0.29) is 5.91 Å². The zero-order chi connectivity index (χ0) is 16.4. The third-order valence-electron chi connectivity index (χ3n) is 5.20. The minimum Gasteiger partial charge on any atom is -0.383 e. The lowest BCUT2D eigenvalue weighted by molar-refractivity contribution is 0.0712. The molecule has 3 saturated heterocycles. The van der Waals surface area contributed by atoms with Gasteiger partial charge in [-0.05, 0) is 38.7 Å². The first-order chi connectivity index (χ1) is 11.1. The van der Waals surface area contributed by atoms with Crippen LogP contribution in [0.3, 0.4) is 0 Å². The summed E-state index contributed by atoms with van der Waals surface area (Å²) in [5.74, 6) is 0.662. The SMILES string of the molecule is CCn1nc(C(=O)N2C[C@@H]3CC[C@H](C2)N(CCOC)C3)cc1C. The van der Waals surface area contributed by atoms with Gasteiger partial charge < -0.3 is 9.64 Å². The molecule has 4 heterocycles. The Morgan fingerprint density at radius 3 is 2.87 bits per heavy atom. The lowest BCUT2D eigenvalue weighted by Crippen LogP contribution is -2.45. The first-order valence-corrected chi connectivity index (χ1v) is 8.69. The van der Waals surface area contributed by atoms with Gasteiger partial charge in [-0.25, -0.2) is 0 Å². The highest BCUT2D eigenvalue weighted by Gasteiger charge is 2.36. The van der Waals surface area contributed by atoms with Crippen LogP contribution in [-0.2, 0) is 11.3 Å². The van der Waals surface area contributed by atoms with E-state index in [0.717, 1.165) is 45.0 Å². The average Bonchev–Trinajstić information content (AvgIpc) is 2.73. The van der Waals surface area contributed by atoms with Gasteiger partial charge in [0.05, 0.1) is 6.61 Å². The lowest BCUT2D eigenvalue weighted by Gasteiger charge is -2.35. The van der Waals surface area contributed by atoms with Gasteiger partial charge in [0, 0.05) is 51.6 Å². The molecule has 6 nitrogen and oxygen atoms in total. The van der Waals surface area contributed by atoms with Crippen molar-refractivity contribution in [1.82, 2.24) is 19.6 Å². The third kappa shape index (κ3) is 3.43. The molecule has 0 spiro atoms. The van der Waals surface area contributed by atoms with Crippen LogP contribution in [0.15, 0.2) is 6.07 Å². The molecule has 0 aromatic carbocycles. The van der Waals surface area contributed by atoms with Gasteiger partial charge >= 0.3 is 0 Å². The van der Waals surface area contributed by atoms with Crippen LogP contribution >= 0.6 is 0 Å². The zero-order valence-corrected chi connectivity index (χ0v) is 14.5. The molecule has 0 unspecified atom stereocenters. The number of hydrogen-bond acceptors (Lipinski definition) is 4. The maximum Gasteiger partial charge on any atom is 0.274 e. The molecule has 1 aromatic heterocycles. The number of methoxy groups -OCH3 is 1. The highest BCUT2D eigenvalue weighted by molar-refractivity contribution is 5.92. The molecular weight excluding hydrogens is 292 g/mol. The summed E-state index contributed by atoms with van der Waals surface area (Å²) in [6, 6.07) is 2.38. The Hall–Kier alpha value is -1.40. The van der Waals surface area contributed by atoms with Crippen molar-refractivity contribution in [2.24, 2.45) is 5.92 Å². The van der Waals surface area contributed by atoms with Crippen molar-refractivity contribution in [2.75, 3.05) is 39.9 Å². The molecule has 3 aliphatic heterocycles. The second-order valence-corrected chi connectivity index (χ2v) is 6.78. The van der Waals surface area contributed by atoms with Gasteiger partial charge in [0.1, 0.15) is 0 Å². The van der Waals surface area contributed by atoms with Gasteiger partial charge in [-0.1, -0.05) is 0 Å². The minimum absolute atomic E-state index is 0.0887. The monoisotopic (exact) mass is 320 g/mol. The van der Waals surface area contributed by atoms with E-state index < -0.39 is 0 Å². The van der Waals surface area contributed by atoms with Crippen LogP contribution in [-0.4, -0.2) is 71.4 Å². The van der Waals surface area contributed by atoms with E-state index in [1.165, 1.54) is 12.8 Å². The molecule has 2 bridgehead atoms. The van der Waals surface area contributed by atoms with Crippen LogP contribution < -0.4 is 0 Å². The van der Waals surface area contributed by atoms with Crippen molar-refractivity contribution in [3.05, 3.63) is 17.5 Å². The summed E-state index contributed by atoms with van der Waals surface area (Å²) in [4.78, 5) is 17.4. The van der Waals surface area contributed by atoms with Gasteiger partial charge in [0.25, 0.3) is 5.91 Å². The van der Waals surface area contributed by atoms with Gasteiger partial charge in [-0.3, -0.25) is 14.4 Å². The van der Waals surface area contributed by atoms with E-state index in [1.54, 1.807) is 7.11 Å². The standard InChI is InChI=1S/C17H28N4O2/c1-4-21-13(2)9-16(18-21)17(22)20-11-14-5-6-15(12-20)19(10-14)7-8-23-3/h9,14-15H,4-8,10-12H2,1-3H3/t14-,15-/m1/s1. The van der Waals surface area contributed by atoms with Crippen molar-refractivity contribution in [1.29, 1.82) is 0 Å². The molecule has 0 radical (unpaired) electrons. The van der Waals surface area contributed by atoms with Gasteiger partial charge in [-0.15, -0.1) is 0 Å². The Labute approximate surface area is 138 Å². The van der Waals surface area contributed by atoms with Gasteiger partial charge in [0.2, 0.25) is 0 Å². The van der Waals surface area contributed by atoms with E-state index in [9.17, 15) is 4.79 Å². The van der Waals surface area contributed by atoms with Crippen molar-refractivity contribution in [3.8, 4) is 0 Å². The molecule has 0 N–H and O–H groups in total. The molecule has 4 rings (SSSR count). The number of carbonyl (C=O) groups excluding carboxylic acids is 1. The number of amides is 1. The predicted octanol–water partition coefficient (Wildman–Crippen LogP) is 1.39. The molecule has 6 heteroatoms. The fourth-order valence-electron chi connectivity index (χ4n) is 3.92. The molecule has 3 fully saturated rings. The number of ether oxygens (including phenoxy) is 1. The van der Waals surface area contributed by atoms with E-state index >= 15 is 0 Å². The highest BCUT2D eigenvalue weighted by atomic mass is 16.5. The predicted molar refractivity (Wildman–Crippen MR) is 88.5 cm³/mol. The Morgan fingerprint density at radius 2 is 2.17 bits per heavy atom. The summed E-state index contributed by atoms with van der Waals surface area (Å²) >= 11 is 0. The number of piperidine rings is 1. The van der Waals surface area contributed by atoms with Crippen molar-refractivity contribution < 1.29 is 9.53 Å². The molecule has 23 heavy (non-hydrogen) atoms. The summed E-state index contributed by atoms with van der Waals surface area (Å²) in [6.45, 7) is 9.34. The van der Waals surface area contributed by atoms with Crippen LogP contribution in [0.25, 0.3) is 0 Å².